The van der Waals surface area contributed by atoms with E-state index in [-0.39, 0.29) is 11.9 Å². The lowest BCUT2D eigenvalue weighted by Crippen LogP contribution is -2.51. The van der Waals surface area contributed by atoms with Crippen LogP contribution in [0, 0.1) is 0 Å². The molecule has 3 rings (SSSR count). The van der Waals surface area contributed by atoms with Crippen molar-refractivity contribution in [3.63, 3.8) is 0 Å². The SMILES string of the molecule is COc1cccc(Oc2ncccc2CNC(=O)C2COCCN2)c1. The number of carbonyl (C=O) groups is 1. The largest absolute Gasteiger partial charge is 0.497 e. The molecule has 1 saturated heterocycles. The molecule has 0 radical (unpaired) electrons. The van der Waals surface area contributed by atoms with Crippen LogP contribution in [0.15, 0.2) is 42.6 Å². The summed E-state index contributed by atoms with van der Waals surface area (Å²) in [5.41, 5.74) is 0.787. The predicted molar refractivity (Wildman–Crippen MR) is 91.8 cm³/mol. The Morgan fingerprint density at radius 3 is 3.04 bits per heavy atom. The van der Waals surface area contributed by atoms with Gasteiger partial charge in [0.1, 0.15) is 17.5 Å². The molecule has 1 aliphatic heterocycles. The van der Waals surface area contributed by atoms with Crippen molar-refractivity contribution in [2.24, 2.45) is 0 Å². The molecule has 7 heteroatoms. The Hall–Kier alpha value is -2.64. The van der Waals surface area contributed by atoms with E-state index in [1.165, 1.54) is 0 Å². The van der Waals surface area contributed by atoms with Crippen LogP contribution in [0.3, 0.4) is 0 Å². The number of aromatic nitrogens is 1. The number of nitrogens with zero attached hydrogens (tertiary/aromatic N) is 1. The second kappa shape index (κ2) is 8.46. The molecule has 1 atom stereocenters. The number of rotatable bonds is 6. The summed E-state index contributed by atoms with van der Waals surface area (Å²) in [5, 5.41) is 6.02. The summed E-state index contributed by atoms with van der Waals surface area (Å²) in [4.78, 5) is 16.5. The van der Waals surface area contributed by atoms with Crippen molar-refractivity contribution < 1.29 is 19.0 Å². The number of pyridine rings is 1. The molecule has 7 nitrogen and oxygen atoms in total. The summed E-state index contributed by atoms with van der Waals surface area (Å²) in [5.74, 6) is 1.67. The number of carbonyl (C=O) groups excluding carboxylic acids is 1. The summed E-state index contributed by atoms with van der Waals surface area (Å²) < 4.78 is 16.3. The molecule has 1 aromatic heterocycles. The van der Waals surface area contributed by atoms with Crippen molar-refractivity contribution in [2.45, 2.75) is 12.6 Å². The van der Waals surface area contributed by atoms with Gasteiger partial charge in [-0.15, -0.1) is 0 Å². The number of methoxy groups -OCH3 is 1. The number of morpholine rings is 1. The highest BCUT2D eigenvalue weighted by Crippen LogP contribution is 2.26. The van der Waals surface area contributed by atoms with Crippen LogP contribution in [0.25, 0.3) is 0 Å². The molecule has 1 fully saturated rings. The Kier molecular flexibility index (Phi) is 5.81. The minimum Gasteiger partial charge on any atom is -0.497 e. The molecule has 0 saturated carbocycles. The Bertz CT molecular complexity index is 717. The summed E-state index contributed by atoms with van der Waals surface area (Å²) >= 11 is 0. The molecule has 0 bridgehead atoms. The van der Waals surface area contributed by atoms with E-state index in [9.17, 15) is 4.79 Å². The topological polar surface area (TPSA) is 81.7 Å². The first-order valence-electron chi connectivity index (χ1n) is 8.11. The highest BCUT2D eigenvalue weighted by atomic mass is 16.5. The minimum atomic E-state index is -0.326. The third-order valence-corrected chi connectivity index (χ3v) is 3.80. The van der Waals surface area contributed by atoms with Gasteiger partial charge in [0.25, 0.3) is 0 Å². The molecule has 1 aliphatic rings. The van der Waals surface area contributed by atoms with Crippen LogP contribution in [-0.2, 0) is 16.1 Å². The summed E-state index contributed by atoms with van der Waals surface area (Å²) in [6.45, 7) is 2.01. The zero-order valence-corrected chi connectivity index (χ0v) is 14.0. The van der Waals surface area contributed by atoms with E-state index in [1.807, 2.05) is 30.3 Å². The lowest BCUT2D eigenvalue weighted by molar-refractivity contribution is -0.126. The predicted octanol–water partition coefficient (Wildman–Crippen LogP) is 1.49. The number of amides is 1. The normalized spacial score (nSPS) is 16.9. The Morgan fingerprint density at radius 2 is 2.24 bits per heavy atom. The maximum atomic E-state index is 12.2. The average molecular weight is 343 g/mol. The zero-order valence-electron chi connectivity index (χ0n) is 14.0. The summed E-state index contributed by atoms with van der Waals surface area (Å²) in [6, 6.07) is 10.6. The van der Waals surface area contributed by atoms with Crippen LogP contribution in [0.2, 0.25) is 0 Å². The molecule has 2 aromatic rings. The number of ether oxygens (including phenoxy) is 3. The second-order valence-electron chi connectivity index (χ2n) is 5.55. The zero-order chi connectivity index (χ0) is 17.5. The van der Waals surface area contributed by atoms with Gasteiger partial charge in [-0.25, -0.2) is 4.98 Å². The van der Waals surface area contributed by atoms with Crippen LogP contribution in [0.1, 0.15) is 5.56 Å². The van der Waals surface area contributed by atoms with Crippen molar-refractivity contribution in [1.29, 1.82) is 0 Å². The van der Waals surface area contributed by atoms with Crippen LogP contribution in [0.4, 0.5) is 0 Å². The van der Waals surface area contributed by atoms with Gasteiger partial charge in [0, 0.05) is 30.9 Å². The van der Waals surface area contributed by atoms with Crippen LogP contribution in [-0.4, -0.2) is 43.8 Å². The number of hydrogen-bond acceptors (Lipinski definition) is 6. The fourth-order valence-corrected chi connectivity index (χ4v) is 2.47. The fourth-order valence-electron chi connectivity index (χ4n) is 2.47. The summed E-state index contributed by atoms with van der Waals surface area (Å²) in [6.07, 6.45) is 1.65. The molecular formula is C18H21N3O4. The van der Waals surface area contributed by atoms with Gasteiger partial charge in [-0.3, -0.25) is 4.79 Å². The molecule has 132 valence electrons. The molecule has 2 heterocycles. The van der Waals surface area contributed by atoms with Crippen molar-refractivity contribution in [2.75, 3.05) is 26.9 Å². The highest BCUT2D eigenvalue weighted by Gasteiger charge is 2.21. The monoisotopic (exact) mass is 343 g/mol. The fraction of sp³-hybridized carbons (Fsp3) is 0.333. The van der Waals surface area contributed by atoms with Gasteiger partial charge in [-0.05, 0) is 18.2 Å². The lowest BCUT2D eigenvalue weighted by atomic mass is 10.2. The smallest absolute Gasteiger partial charge is 0.239 e. The summed E-state index contributed by atoms with van der Waals surface area (Å²) in [7, 11) is 1.60. The van der Waals surface area contributed by atoms with E-state index in [4.69, 9.17) is 14.2 Å². The van der Waals surface area contributed by atoms with Crippen molar-refractivity contribution in [3.8, 4) is 17.4 Å². The van der Waals surface area contributed by atoms with E-state index in [2.05, 4.69) is 15.6 Å². The Balaban J connectivity index is 1.65. The average Bonchev–Trinajstić information content (AvgIpc) is 2.68. The highest BCUT2D eigenvalue weighted by molar-refractivity contribution is 5.82. The van der Waals surface area contributed by atoms with Gasteiger partial charge in [0.15, 0.2) is 0 Å². The van der Waals surface area contributed by atoms with Gasteiger partial charge in [0.05, 0.1) is 20.3 Å². The maximum Gasteiger partial charge on any atom is 0.239 e. The first kappa shape index (κ1) is 17.2. The lowest BCUT2D eigenvalue weighted by Gasteiger charge is -2.23. The van der Waals surface area contributed by atoms with E-state index in [1.54, 1.807) is 19.4 Å². The molecule has 1 unspecified atom stereocenters. The molecule has 0 aliphatic carbocycles. The van der Waals surface area contributed by atoms with Crippen molar-refractivity contribution in [3.05, 3.63) is 48.2 Å². The number of benzene rings is 1. The molecular weight excluding hydrogens is 322 g/mol. The van der Waals surface area contributed by atoms with E-state index in [0.29, 0.717) is 43.7 Å². The van der Waals surface area contributed by atoms with Crippen LogP contribution in [0.5, 0.6) is 17.4 Å². The first-order chi connectivity index (χ1) is 12.3. The Labute approximate surface area is 146 Å². The molecule has 1 amide bonds. The van der Waals surface area contributed by atoms with E-state index < -0.39 is 0 Å². The van der Waals surface area contributed by atoms with Crippen molar-refractivity contribution >= 4 is 5.91 Å². The number of nitrogens with one attached hydrogen (secondary N) is 2. The van der Waals surface area contributed by atoms with Gasteiger partial charge in [-0.1, -0.05) is 12.1 Å². The first-order valence-corrected chi connectivity index (χ1v) is 8.11. The van der Waals surface area contributed by atoms with Gasteiger partial charge < -0.3 is 24.8 Å². The van der Waals surface area contributed by atoms with Crippen LogP contribution >= 0.6 is 0 Å². The van der Waals surface area contributed by atoms with Gasteiger partial charge in [-0.2, -0.15) is 0 Å². The van der Waals surface area contributed by atoms with E-state index in [0.717, 1.165) is 5.56 Å². The van der Waals surface area contributed by atoms with Gasteiger partial charge >= 0.3 is 0 Å². The quantitative estimate of drug-likeness (QED) is 0.827. The molecule has 0 spiro atoms. The third-order valence-electron chi connectivity index (χ3n) is 3.80. The second-order valence-corrected chi connectivity index (χ2v) is 5.55. The molecule has 2 N–H and O–H groups in total. The molecule has 25 heavy (non-hydrogen) atoms. The third kappa shape index (κ3) is 4.68. The number of hydrogen-bond donors (Lipinski definition) is 2. The van der Waals surface area contributed by atoms with E-state index >= 15 is 0 Å². The maximum absolute atomic E-state index is 12.2. The molecule has 1 aromatic carbocycles. The van der Waals surface area contributed by atoms with Crippen LogP contribution < -0.4 is 20.1 Å². The minimum absolute atomic E-state index is 0.101. The van der Waals surface area contributed by atoms with Crippen molar-refractivity contribution in [1.82, 2.24) is 15.6 Å². The van der Waals surface area contributed by atoms with Gasteiger partial charge in [0.2, 0.25) is 11.8 Å². The Morgan fingerprint density at radius 1 is 1.36 bits per heavy atom. The standard InChI is InChI=1S/C18H21N3O4/c1-23-14-5-2-6-15(10-14)25-18-13(4-3-7-20-18)11-21-17(22)16-12-24-9-8-19-16/h2-7,10,16,19H,8-9,11-12H2,1H3,(H,21,22).